The highest BCUT2D eigenvalue weighted by atomic mass is 16.5. The van der Waals surface area contributed by atoms with Crippen LogP contribution in [0.1, 0.15) is 25.6 Å². The third kappa shape index (κ3) is 1.51. The van der Waals surface area contributed by atoms with Crippen LogP contribution in [-0.4, -0.2) is 23.4 Å². The smallest absolute Gasteiger partial charge is 0.318 e. The van der Waals surface area contributed by atoms with E-state index in [0.29, 0.717) is 5.82 Å². The van der Waals surface area contributed by atoms with Crippen molar-refractivity contribution in [1.82, 2.24) is 10.1 Å². The van der Waals surface area contributed by atoms with Gasteiger partial charge in [-0.3, -0.25) is 0 Å². The van der Waals surface area contributed by atoms with Crippen LogP contribution in [0, 0.1) is 0 Å². The van der Waals surface area contributed by atoms with Crippen molar-refractivity contribution in [3.8, 4) is 0 Å². The van der Waals surface area contributed by atoms with E-state index in [1.807, 2.05) is 0 Å². The number of hydrogen-bond donors (Lipinski definition) is 1. The molecule has 5 nitrogen and oxygen atoms in total. The Bertz CT molecular complexity index is 291. The molecule has 0 unspecified atom stereocenters. The molecule has 2 heterocycles. The van der Waals surface area contributed by atoms with Gasteiger partial charge in [0.05, 0.1) is 0 Å². The van der Waals surface area contributed by atoms with Crippen LogP contribution in [-0.2, 0) is 10.2 Å². The highest BCUT2D eigenvalue weighted by Crippen LogP contribution is 2.32. The molecule has 1 aromatic heterocycles. The van der Waals surface area contributed by atoms with Gasteiger partial charge in [-0.25, -0.2) is 0 Å². The predicted molar refractivity (Wildman–Crippen MR) is 46.1 cm³/mol. The van der Waals surface area contributed by atoms with Crippen molar-refractivity contribution in [3.05, 3.63) is 5.82 Å². The fourth-order valence-electron chi connectivity index (χ4n) is 1.53. The zero-order chi connectivity index (χ0) is 9.31. The van der Waals surface area contributed by atoms with E-state index in [4.69, 9.17) is 15.0 Å². The minimum absolute atomic E-state index is 0.0284. The largest absolute Gasteiger partial charge is 0.381 e. The molecule has 0 radical (unpaired) electrons. The van der Waals surface area contributed by atoms with Crippen LogP contribution in [0.4, 0.5) is 6.01 Å². The third-order valence-electron chi connectivity index (χ3n) is 2.58. The molecule has 1 fully saturated rings. The van der Waals surface area contributed by atoms with E-state index >= 15 is 0 Å². The van der Waals surface area contributed by atoms with E-state index < -0.39 is 0 Å². The first-order chi connectivity index (χ1) is 6.21. The molecular formula is C8H13N3O2. The topological polar surface area (TPSA) is 74.2 Å². The molecular weight excluding hydrogens is 170 g/mol. The fraction of sp³-hybridized carbons (Fsp3) is 0.750. The number of aromatic nitrogens is 2. The Kier molecular flexibility index (Phi) is 1.95. The van der Waals surface area contributed by atoms with Crippen LogP contribution < -0.4 is 5.73 Å². The lowest BCUT2D eigenvalue weighted by atomic mass is 9.82. The van der Waals surface area contributed by atoms with E-state index in [1.165, 1.54) is 0 Å². The van der Waals surface area contributed by atoms with Crippen molar-refractivity contribution in [2.45, 2.75) is 25.2 Å². The Balaban J connectivity index is 2.22. The Morgan fingerprint density at radius 2 is 2.08 bits per heavy atom. The summed E-state index contributed by atoms with van der Waals surface area (Å²) in [6, 6.07) is 0.141. The fourth-order valence-corrected chi connectivity index (χ4v) is 1.53. The zero-order valence-corrected chi connectivity index (χ0v) is 7.62. The number of nitrogens with two attached hydrogens (primary N) is 1. The molecule has 2 N–H and O–H groups in total. The predicted octanol–water partition coefficient (Wildman–Crippen LogP) is 0.720. The summed E-state index contributed by atoms with van der Waals surface area (Å²) in [7, 11) is 0. The number of rotatable bonds is 1. The standard InChI is InChI=1S/C8H13N3O2/c1-8(2-4-12-5-3-8)6-10-7(9)13-11-6/h2-5H2,1H3,(H2,9,10,11). The number of nitrogen functional groups attached to an aromatic ring is 1. The first-order valence-electron chi connectivity index (χ1n) is 4.38. The zero-order valence-electron chi connectivity index (χ0n) is 7.62. The summed E-state index contributed by atoms with van der Waals surface area (Å²) in [6.07, 6.45) is 1.85. The van der Waals surface area contributed by atoms with Crippen LogP contribution in [0.5, 0.6) is 0 Å². The second-order valence-corrected chi connectivity index (χ2v) is 3.63. The van der Waals surface area contributed by atoms with Crippen LogP contribution in [0.25, 0.3) is 0 Å². The van der Waals surface area contributed by atoms with Crippen molar-refractivity contribution in [2.24, 2.45) is 0 Å². The van der Waals surface area contributed by atoms with Gasteiger partial charge in [-0.05, 0) is 12.8 Å². The average molecular weight is 183 g/mol. The molecule has 0 aliphatic carbocycles. The first kappa shape index (κ1) is 8.50. The van der Waals surface area contributed by atoms with Crippen LogP contribution in [0.2, 0.25) is 0 Å². The summed E-state index contributed by atoms with van der Waals surface area (Å²) in [5.74, 6) is 0.702. The summed E-state index contributed by atoms with van der Waals surface area (Å²) in [6.45, 7) is 3.62. The molecule has 5 heteroatoms. The second-order valence-electron chi connectivity index (χ2n) is 3.63. The number of nitrogens with zero attached hydrogens (tertiary/aromatic N) is 2. The van der Waals surface area contributed by atoms with Gasteiger partial charge in [0.2, 0.25) is 0 Å². The summed E-state index contributed by atoms with van der Waals surface area (Å²) in [5.41, 5.74) is 5.34. The van der Waals surface area contributed by atoms with Crippen molar-refractivity contribution in [2.75, 3.05) is 18.9 Å². The van der Waals surface area contributed by atoms with Gasteiger partial charge in [0.15, 0.2) is 5.82 Å². The molecule has 0 amide bonds. The highest BCUT2D eigenvalue weighted by molar-refractivity contribution is 5.14. The highest BCUT2D eigenvalue weighted by Gasteiger charge is 2.33. The molecule has 0 aromatic carbocycles. The normalized spacial score (nSPS) is 21.6. The minimum atomic E-state index is -0.0284. The maximum absolute atomic E-state index is 5.37. The van der Waals surface area contributed by atoms with Gasteiger partial charge in [0.25, 0.3) is 0 Å². The number of ether oxygens (including phenoxy) is 1. The maximum Gasteiger partial charge on any atom is 0.318 e. The van der Waals surface area contributed by atoms with Gasteiger partial charge in [-0.15, -0.1) is 0 Å². The lowest BCUT2D eigenvalue weighted by Crippen LogP contribution is -2.31. The van der Waals surface area contributed by atoms with Gasteiger partial charge < -0.3 is 15.0 Å². The number of hydrogen-bond acceptors (Lipinski definition) is 5. The van der Waals surface area contributed by atoms with Gasteiger partial charge in [0, 0.05) is 18.6 Å². The van der Waals surface area contributed by atoms with Gasteiger partial charge in [0.1, 0.15) is 0 Å². The maximum atomic E-state index is 5.37. The molecule has 1 aliphatic rings. The molecule has 0 atom stereocenters. The van der Waals surface area contributed by atoms with E-state index in [9.17, 15) is 0 Å². The van der Waals surface area contributed by atoms with Crippen LogP contribution in [0.3, 0.4) is 0 Å². The van der Waals surface area contributed by atoms with Gasteiger partial charge in [-0.2, -0.15) is 4.98 Å². The SMILES string of the molecule is CC1(c2noc(N)n2)CCOCC1. The van der Waals surface area contributed by atoms with Crippen molar-refractivity contribution in [3.63, 3.8) is 0 Å². The molecule has 2 rings (SSSR count). The van der Waals surface area contributed by atoms with Gasteiger partial charge >= 0.3 is 6.01 Å². The lowest BCUT2D eigenvalue weighted by Gasteiger charge is -2.29. The Morgan fingerprint density at radius 3 is 2.62 bits per heavy atom. The summed E-state index contributed by atoms with van der Waals surface area (Å²) in [4.78, 5) is 4.05. The summed E-state index contributed by atoms with van der Waals surface area (Å²) in [5, 5.41) is 3.84. The number of anilines is 1. The van der Waals surface area contributed by atoms with E-state index in [2.05, 4.69) is 17.1 Å². The molecule has 0 bridgehead atoms. The third-order valence-corrected chi connectivity index (χ3v) is 2.58. The van der Waals surface area contributed by atoms with Crippen molar-refractivity contribution < 1.29 is 9.26 Å². The molecule has 1 aliphatic heterocycles. The Labute approximate surface area is 76.3 Å². The monoisotopic (exact) mass is 183 g/mol. The molecule has 1 aromatic rings. The molecule has 13 heavy (non-hydrogen) atoms. The summed E-state index contributed by atoms with van der Waals surface area (Å²) >= 11 is 0. The molecule has 1 saturated heterocycles. The molecule has 0 spiro atoms. The molecule has 72 valence electrons. The van der Waals surface area contributed by atoms with Crippen molar-refractivity contribution in [1.29, 1.82) is 0 Å². The molecule has 0 saturated carbocycles. The van der Waals surface area contributed by atoms with E-state index in [-0.39, 0.29) is 11.4 Å². The van der Waals surface area contributed by atoms with Gasteiger partial charge in [-0.1, -0.05) is 12.1 Å². The second kappa shape index (κ2) is 2.99. The van der Waals surface area contributed by atoms with Crippen LogP contribution >= 0.6 is 0 Å². The average Bonchev–Trinajstić information content (AvgIpc) is 2.54. The van der Waals surface area contributed by atoms with Crippen molar-refractivity contribution >= 4 is 6.01 Å². The minimum Gasteiger partial charge on any atom is -0.381 e. The quantitative estimate of drug-likeness (QED) is 0.694. The Morgan fingerprint density at radius 1 is 1.38 bits per heavy atom. The Hall–Kier alpha value is -1.10. The lowest BCUT2D eigenvalue weighted by molar-refractivity contribution is 0.0527. The summed E-state index contributed by atoms with van der Waals surface area (Å²) < 4.78 is 10.0. The van der Waals surface area contributed by atoms with E-state index in [0.717, 1.165) is 26.1 Å². The van der Waals surface area contributed by atoms with Crippen LogP contribution in [0.15, 0.2) is 4.52 Å². The first-order valence-corrected chi connectivity index (χ1v) is 4.38. The van der Waals surface area contributed by atoms with E-state index in [1.54, 1.807) is 0 Å².